The first-order valence-corrected chi connectivity index (χ1v) is 6.43. The van der Waals surface area contributed by atoms with E-state index >= 15 is 0 Å². The van der Waals surface area contributed by atoms with Gasteiger partial charge in [-0.1, -0.05) is 60.7 Å². The fraction of sp³-hybridized carbons (Fsp3) is 0.111. The summed E-state index contributed by atoms with van der Waals surface area (Å²) in [6, 6.07) is 20.1. The molecule has 0 aliphatic rings. The zero-order chi connectivity index (χ0) is 14.2. The Hall–Kier alpha value is -2.84. The van der Waals surface area contributed by atoms with E-state index in [1.165, 1.54) is 0 Å². The van der Waals surface area contributed by atoms with Crippen LogP contribution in [0.5, 0.6) is 0 Å². The van der Waals surface area contributed by atoms with Gasteiger partial charge in [0.05, 0.1) is 25.0 Å². The van der Waals surface area contributed by atoms with Crippen LogP contribution < -0.4 is 0 Å². The van der Waals surface area contributed by atoms with Crippen molar-refractivity contribution in [3.63, 3.8) is 0 Å². The molecule has 2 heteroatoms. The molecule has 0 amide bonds. The lowest BCUT2D eigenvalue weighted by molar-refractivity contribution is 1.25. The van der Waals surface area contributed by atoms with Crippen molar-refractivity contribution in [1.82, 2.24) is 0 Å². The molecule has 20 heavy (non-hydrogen) atoms. The molecular formula is C18H14N2. The van der Waals surface area contributed by atoms with E-state index in [4.69, 9.17) is 10.5 Å². The molecule has 2 aromatic rings. The minimum atomic E-state index is 0.403. The van der Waals surface area contributed by atoms with Crippen molar-refractivity contribution in [2.45, 2.75) is 12.8 Å². The van der Waals surface area contributed by atoms with Gasteiger partial charge in [0, 0.05) is 0 Å². The quantitative estimate of drug-likeness (QED) is 0.778. The van der Waals surface area contributed by atoms with Crippen molar-refractivity contribution < 1.29 is 0 Å². The Labute approximate surface area is 119 Å². The SMILES string of the molecule is N#CCc1ccccc1/C=C/c1ccccc1CC#N. The number of nitrogens with zero attached hydrogens (tertiary/aromatic N) is 2. The first-order chi connectivity index (χ1) is 9.85. The van der Waals surface area contributed by atoms with Gasteiger partial charge in [0.25, 0.3) is 0 Å². The summed E-state index contributed by atoms with van der Waals surface area (Å²) >= 11 is 0. The highest BCUT2D eigenvalue weighted by molar-refractivity contribution is 5.72. The van der Waals surface area contributed by atoms with E-state index in [1.54, 1.807) is 0 Å². The standard InChI is InChI=1S/C18H14N2/c19-13-11-17-7-3-1-5-15(17)9-10-16-6-2-4-8-18(16)12-14-20/h1-10H,11-12H2/b10-9+. The predicted octanol–water partition coefficient (Wildman–Crippen LogP) is 3.99. The Morgan fingerprint density at radius 2 is 1.10 bits per heavy atom. The minimum Gasteiger partial charge on any atom is -0.198 e. The van der Waals surface area contributed by atoms with Crippen molar-refractivity contribution >= 4 is 12.2 Å². The third-order valence-electron chi connectivity index (χ3n) is 3.09. The third kappa shape index (κ3) is 3.34. The molecule has 0 spiro atoms. The summed E-state index contributed by atoms with van der Waals surface area (Å²) in [6.07, 6.45) is 4.81. The summed E-state index contributed by atoms with van der Waals surface area (Å²) in [5, 5.41) is 17.7. The Morgan fingerprint density at radius 1 is 0.700 bits per heavy atom. The maximum Gasteiger partial charge on any atom is 0.0669 e. The first kappa shape index (κ1) is 13.6. The van der Waals surface area contributed by atoms with Crippen molar-refractivity contribution in [3.8, 4) is 12.1 Å². The maximum atomic E-state index is 8.83. The number of hydrogen-bond donors (Lipinski definition) is 0. The average molecular weight is 258 g/mol. The number of hydrogen-bond acceptors (Lipinski definition) is 2. The fourth-order valence-corrected chi connectivity index (χ4v) is 2.07. The van der Waals surface area contributed by atoms with E-state index in [9.17, 15) is 0 Å². The molecular weight excluding hydrogens is 244 g/mol. The molecule has 2 rings (SSSR count). The molecule has 0 saturated carbocycles. The fourth-order valence-electron chi connectivity index (χ4n) is 2.07. The Balaban J connectivity index is 2.31. The van der Waals surface area contributed by atoms with Gasteiger partial charge in [-0.2, -0.15) is 10.5 Å². The van der Waals surface area contributed by atoms with E-state index in [1.807, 2.05) is 60.7 Å². The minimum absolute atomic E-state index is 0.403. The van der Waals surface area contributed by atoms with Crippen LogP contribution in [0.4, 0.5) is 0 Å². The van der Waals surface area contributed by atoms with Gasteiger partial charge in [-0.15, -0.1) is 0 Å². The van der Waals surface area contributed by atoms with Crippen LogP contribution in [0.3, 0.4) is 0 Å². The van der Waals surface area contributed by atoms with Gasteiger partial charge in [0.15, 0.2) is 0 Å². The van der Waals surface area contributed by atoms with Gasteiger partial charge in [-0.05, 0) is 22.3 Å². The molecule has 0 heterocycles. The molecule has 0 aromatic heterocycles. The van der Waals surface area contributed by atoms with Crippen LogP contribution in [-0.4, -0.2) is 0 Å². The highest BCUT2D eigenvalue weighted by Gasteiger charge is 2.00. The summed E-state index contributed by atoms with van der Waals surface area (Å²) in [7, 11) is 0. The average Bonchev–Trinajstić information content (AvgIpc) is 2.48. The highest BCUT2D eigenvalue weighted by Crippen LogP contribution is 2.16. The number of nitriles is 2. The smallest absolute Gasteiger partial charge is 0.0669 e. The molecule has 0 aliphatic carbocycles. The summed E-state index contributed by atoms with van der Waals surface area (Å²) in [6.45, 7) is 0. The molecule has 0 bridgehead atoms. The zero-order valence-corrected chi connectivity index (χ0v) is 11.1. The largest absolute Gasteiger partial charge is 0.198 e. The van der Waals surface area contributed by atoms with Crippen molar-refractivity contribution in [3.05, 3.63) is 70.8 Å². The van der Waals surface area contributed by atoms with Crippen LogP contribution >= 0.6 is 0 Å². The molecule has 0 fully saturated rings. The van der Waals surface area contributed by atoms with Crippen molar-refractivity contribution in [2.24, 2.45) is 0 Å². The van der Waals surface area contributed by atoms with Gasteiger partial charge in [0.2, 0.25) is 0 Å². The Bertz CT molecular complexity index is 638. The lowest BCUT2D eigenvalue weighted by atomic mass is 10.0. The molecule has 0 radical (unpaired) electrons. The van der Waals surface area contributed by atoms with Crippen LogP contribution in [0, 0.1) is 22.7 Å². The van der Waals surface area contributed by atoms with Crippen molar-refractivity contribution in [2.75, 3.05) is 0 Å². The molecule has 0 unspecified atom stereocenters. The van der Waals surface area contributed by atoms with Gasteiger partial charge < -0.3 is 0 Å². The van der Waals surface area contributed by atoms with Crippen LogP contribution in [0.1, 0.15) is 22.3 Å². The second kappa shape index (κ2) is 6.92. The monoisotopic (exact) mass is 258 g/mol. The first-order valence-electron chi connectivity index (χ1n) is 6.43. The van der Waals surface area contributed by atoms with Gasteiger partial charge in [-0.3, -0.25) is 0 Å². The van der Waals surface area contributed by atoms with Crippen LogP contribution in [0.2, 0.25) is 0 Å². The molecule has 0 atom stereocenters. The normalized spacial score (nSPS) is 10.1. The highest BCUT2D eigenvalue weighted by atomic mass is 14.2. The van der Waals surface area contributed by atoms with E-state index < -0.39 is 0 Å². The molecule has 0 saturated heterocycles. The third-order valence-corrected chi connectivity index (χ3v) is 3.09. The second-order valence-electron chi connectivity index (χ2n) is 4.40. The predicted molar refractivity (Wildman–Crippen MR) is 80.4 cm³/mol. The zero-order valence-electron chi connectivity index (χ0n) is 11.1. The molecule has 0 N–H and O–H groups in total. The molecule has 0 aliphatic heterocycles. The molecule has 2 nitrogen and oxygen atoms in total. The van der Waals surface area contributed by atoms with Gasteiger partial charge in [-0.25, -0.2) is 0 Å². The van der Waals surface area contributed by atoms with E-state index in [0.717, 1.165) is 22.3 Å². The van der Waals surface area contributed by atoms with Crippen molar-refractivity contribution in [1.29, 1.82) is 10.5 Å². The van der Waals surface area contributed by atoms with Crippen LogP contribution in [0.25, 0.3) is 12.2 Å². The Kier molecular flexibility index (Phi) is 4.70. The van der Waals surface area contributed by atoms with Gasteiger partial charge in [0.1, 0.15) is 0 Å². The topological polar surface area (TPSA) is 47.6 Å². The summed E-state index contributed by atoms with van der Waals surface area (Å²) in [4.78, 5) is 0. The maximum absolute atomic E-state index is 8.83. The molecule has 96 valence electrons. The summed E-state index contributed by atoms with van der Waals surface area (Å²) < 4.78 is 0. The van der Waals surface area contributed by atoms with Crippen LogP contribution in [-0.2, 0) is 12.8 Å². The van der Waals surface area contributed by atoms with Crippen LogP contribution in [0.15, 0.2) is 48.5 Å². The van der Waals surface area contributed by atoms with Gasteiger partial charge >= 0.3 is 0 Å². The lowest BCUT2D eigenvalue weighted by Gasteiger charge is -2.03. The molecule has 2 aromatic carbocycles. The lowest BCUT2D eigenvalue weighted by Crippen LogP contribution is -1.88. The van der Waals surface area contributed by atoms with E-state index in [2.05, 4.69) is 12.1 Å². The summed E-state index contributed by atoms with van der Waals surface area (Å²) in [5.41, 5.74) is 4.12. The van der Waals surface area contributed by atoms with E-state index in [0.29, 0.717) is 12.8 Å². The second-order valence-corrected chi connectivity index (χ2v) is 4.40. The van der Waals surface area contributed by atoms with E-state index in [-0.39, 0.29) is 0 Å². The summed E-state index contributed by atoms with van der Waals surface area (Å²) in [5.74, 6) is 0. The Morgan fingerprint density at radius 3 is 1.50 bits per heavy atom. The number of benzene rings is 2. The number of rotatable bonds is 4.